The number of quaternary nitrogens is 1. The second-order valence-corrected chi connectivity index (χ2v) is 8.03. The van der Waals surface area contributed by atoms with Crippen molar-refractivity contribution >= 4 is 22.7 Å². The first-order chi connectivity index (χ1) is 12.8. The molecule has 2 aromatic heterocycles. The summed E-state index contributed by atoms with van der Waals surface area (Å²) >= 11 is 3.44. The van der Waals surface area contributed by atoms with Crippen molar-refractivity contribution in [2.45, 2.75) is 19.5 Å². The summed E-state index contributed by atoms with van der Waals surface area (Å²) in [6.45, 7) is 3.00. The van der Waals surface area contributed by atoms with E-state index in [1.165, 1.54) is 22.3 Å². The number of hydrogen-bond donors (Lipinski definition) is 1. The maximum absolute atomic E-state index is 4.82. The summed E-state index contributed by atoms with van der Waals surface area (Å²) in [6.07, 6.45) is 0. The molecule has 0 bridgehead atoms. The highest BCUT2D eigenvalue weighted by Crippen LogP contribution is 2.25. The average Bonchev–Trinajstić information content (AvgIpc) is 3.36. The summed E-state index contributed by atoms with van der Waals surface area (Å²) in [5.41, 5.74) is 6.31. The van der Waals surface area contributed by atoms with Crippen LogP contribution in [0.25, 0.3) is 10.6 Å². The maximum atomic E-state index is 4.82. The van der Waals surface area contributed by atoms with Gasteiger partial charge in [-0.15, -0.1) is 11.3 Å². The Hall–Kier alpha value is -2.27. The van der Waals surface area contributed by atoms with E-state index in [2.05, 4.69) is 89.0 Å². The highest BCUT2D eigenvalue weighted by Gasteiger charge is 2.18. The zero-order valence-electron chi connectivity index (χ0n) is 14.6. The van der Waals surface area contributed by atoms with Gasteiger partial charge >= 0.3 is 0 Å². The first-order valence-corrected chi connectivity index (χ1v) is 10.5. The minimum Gasteiger partial charge on any atom is -0.331 e. The zero-order valence-corrected chi connectivity index (χ0v) is 16.3. The molecule has 0 aliphatic heterocycles. The first kappa shape index (κ1) is 17.2. The zero-order chi connectivity index (χ0) is 17.8. The highest BCUT2D eigenvalue weighted by atomic mass is 32.1. The lowest BCUT2D eigenvalue weighted by Crippen LogP contribution is -2.84. The summed E-state index contributed by atoms with van der Waals surface area (Å²) in [5.74, 6) is 0. The molecule has 2 heterocycles. The first-order valence-electron chi connectivity index (χ1n) is 8.71. The van der Waals surface area contributed by atoms with Crippen LogP contribution in [0, 0.1) is 6.92 Å². The number of nitrogens with zero attached hydrogens (tertiary/aromatic N) is 1. The Bertz CT molecular complexity index is 942. The van der Waals surface area contributed by atoms with Crippen LogP contribution in [0.4, 0.5) is 0 Å². The van der Waals surface area contributed by atoms with Crippen molar-refractivity contribution in [3.05, 3.63) is 99.2 Å². The van der Waals surface area contributed by atoms with Gasteiger partial charge in [-0.25, -0.2) is 4.98 Å². The molecule has 0 saturated carbocycles. The molecule has 4 aromatic rings. The number of aryl methyl sites for hydroxylation is 1. The van der Waals surface area contributed by atoms with Crippen molar-refractivity contribution in [2.75, 3.05) is 0 Å². The molecule has 0 unspecified atom stereocenters. The van der Waals surface area contributed by atoms with Gasteiger partial charge in [0, 0.05) is 27.5 Å². The number of thiophene rings is 1. The van der Waals surface area contributed by atoms with E-state index in [-0.39, 0.29) is 6.04 Å². The molecule has 0 aliphatic rings. The third-order valence-corrected chi connectivity index (χ3v) is 6.10. The second-order valence-electron chi connectivity index (χ2n) is 6.39. The van der Waals surface area contributed by atoms with Crippen LogP contribution in [0.2, 0.25) is 0 Å². The summed E-state index contributed by atoms with van der Waals surface area (Å²) < 4.78 is 0. The lowest BCUT2D eigenvalue weighted by molar-refractivity contribution is -0.702. The Kier molecular flexibility index (Phi) is 5.25. The number of hydrogen-bond acceptors (Lipinski definition) is 3. The van der Waals surface area contributed by atoms with Gasteiger partial charge in [0.15, 0.2) is 0 Å². The molecule has 0 fully saturated rings. The van der Waals surface area contributed by atoms with Crippen LogP contribution in [0.3, 0.4) is 0 Å². The number of aromatic nitrogens is 1. The molecule has 0 radical (unpaired) electrons. The molecule has 130 valence electrons. The van der Waals surface area contributed by atoms with E-state index in [0.717, 1.165) is 17.2 Å². The molecule has 4 rings (SSSR count). The number of thiazole rings is 1. The molecular formula is C22H21N2S2+. The number of benzene rings is 2. The predicted octanol–water partition coefficient (Wildman–Crippen LogP) is 5.03. The normalized spacial score (nSPS) is 12.2. The van der Waals surface area contributed by atoms with E-state index in [0.29, 0.717) is 0 Å². The molecule has 0 amide bonds. The summed E-state index contributed by atoms with van der Waals surface area (Å²) in [7, 11) is 0. The van der Waals surface area contributed by atoms with Crippen molar-refractivity contribution in [1.29, 1.82) is 0 Å². The van der Waals surface area contributed by atoms with Crippen LogP contribution in [0.5, 0.6) is 0 Å². The van der Waals surface area contributed by atoms with Gasteiger partial charge in [0.05, 0.1) is 0 Å². The Balaban J connectivity index is 1.54. The molecule has 4 heteroatoms. The van der Waals surface area contributed by atoms with Gasteiger partial charge < -0.3 is 5.32 Å². The standard InChI is InChI=1S/C22H20N2S2/c1-16-7-9-18(10-8-16)21(17-5-3-2-4-6-17)23-13-20-15-26-22(24-20)19-11-12-25-14-19/h2-12,14-15,21,23H,13H2,1H3/p+1/t21-/m0/s1. The van der Waals surface area contributed by atoms with E-state index in [9.17, 15) is 0 Å². The minimum atomic E-state index is 0.281. The highest BCUT2D eigenvalue weighted by molar-refractivity contribution is 7.14. The number of nitrogens with two attached hydrogens (primary N) is 1. The molecule has 1 atom stereocenters. The van der Waals surface area contributed by atoms with E-state index in [4.69, 9.17) is 4.98 Å². The van der Waals surface area contributed by atoms with Gasteiger partial charge in [0.25, 0.3) is 0 Å². The van der Waals surface area contributed by atoms with Crippen LogP contribution in [-0.2, 0) is 6.54 Å². The van der Waals surface area contributed by atoms with Gasteiger partial charge in [-0.3, -0.25) is 0 Å². The molecule has 2 aromatic carbocycles. The molecule has 2 N–H and O–H groups in total. The Morgan fingerprint density at radius 3 is 2.42 bits per heavy atom. The smallest absolute Gasteiger partial charge is 0.138 e. The molecule has 0 spiro atoms. The SMILES string of the molecule is Cc1ccc([C@@H]([NH2+]Cc2csc(-c3ccsc3)n2)c2ccccc2)cc1. The van der Waals surface area contributed by atoms with Gasteiger partial charge in [0.1, 0.15) is 23.3 Å². The van der Waals surface area contributed by atoms with Crippen LogP contribution < -0.4 is 5.32 Å². The van der Waals surface area contributed by atoms with E-state index in [1.807, 2.05) is 0 Å². The molecule has 0 saturated heterocycles. The monoisotopic (exact) mass is 377 g/mol. The molecule has 0 aliphatic carbocycles. The minimum absolute atomic E-state index is 0.281. The number of rotatable bonds is 6. The van der Waals surface area contributed by atoms with Crippen molar-refractivity contribution in [1.82, 2.24) is 4.98 Å². The lowest BCUT2D eigenvalue weighted by Gasteiger charge is -2.16. The molecule has 26 heavy (non-hydrogen) atoms. The largest absolute Gasteiger partial charge is 0.331 e. The fourth-order valence-corrected chi connectivity index (χ4v) is 4.60. The topological polar surface area (TPSA) is 29.5 Å². The molecular weight excluding hydrogens is 356 g/mol. The van der Waals surface area contributed by atoms with Crippen molar-refractivity contribution in [3.8, 4) is 10.6 Å². The van der Waals surface area contributed by atoms with Crippen LogP contribution in [0.1, 0.15) is 28.4 Å². The van der Waals surface area contributed by atoms with Crippen LogP contribution in [-0.4, -0.2) is 4.98 Å². The quantitative estimate of drug-likeness (QED) is 0.501. The van der Waals surface area contributed by atoms with E-state index in [1.54, 1.807) is 22.7 Å². The second kappa shape index (κ2) is 7.96. The summed E-state index contributed by atoms with van der Waals surface area (Å²) in [4.78, 5) is 4.82. The Morgan fingerprint density at radius 2 is 1.69 bits per heavy atom. The maximum Gasteiger partial charge on any atom is 0.138 e. The third-order valence-electron chi connectivity index (χ3n) is 4.48. The van der Waals surface area contributed by atoms with Crippen LogP contribution in [0.15, 0.2) is 76.8 Å². The van der Waals surface area contributed by atoms with Crippen molar-refractivity contribution < 1.29 is 5.32 Å². The van der Waals surface area contributed by atoms with Gasteiger partial charge in [-0.1, -0.05) is 60.2 Å². The predicted molar refractivity (Wildman–Crippen MR) is 111 cm³/mol. The fourth-order valence-electron chi connectivity index (χ4n) is 3.06. The van der Waals surface area contributed by atoms with Gasteiger partial charge in [-0.05, 0) is 18.4 Å². The van der Waals surface area contributed by atoms with Gasteiger partial charge in [0.2, 0.25) is 0 Å². The lowest BCUT2D eigenvalue weighted by atomic mass is 9.98. The third kappa shape index (κ3) is 3.93. The molecule has 2 nitrogen and oxygen atoms in total. The van der Waals surface area contributed by atoms with E-state index < -0.39 is 0 Å². The summed E-state index contributed by atoms with van der Waals surface area (Å²) in [6, 6.07) is 22.0. The Morgan fingerprint density at radius 1 is 0.923 bits per heavy atom. The van der Waals surface area contributed by atoms with Crippen LogP contribution >= 0.6 is 22.7 Å². The fraction of sp³-hybridized carbons (Fsp3) is 0.136. The Labute approximate surface area is 162 Å². The average molecular weight is 378 g/mol. The van der Waals surface area contributed by atoms with Crippen molar-refractivity contribution in [3.63, 3.8) is 0 Å². The van der Waals surface area contributed by atoms with Gasteiger partial charge in [-0.2, -0.15) is 11.3 Å². The van der Waals surface area contributed by atoms with Crippen molar-refractivity contribution in [2.24, 2.45) is 0 Å². The summed E-state index contributed by atoms with van der Waals surface area (Å²) in [5, 5.41) is 9.94. The van der Waals surface area contributed by atoms with E-state index >= 15 is 0 Å².